The first-order valence-corrected chi connectivity index (χ1v) is 6.73. The van der Waals surface area contributed by atoms with E-state index < -0.39 is 0 Å². The number of nitrogens with zero attached hydrogens (tertiary/aromatic N) is 2. The second-order valence-corrected chi connectivity index (χ2v) is 5.47. The molecule has 1 aliphatic rings. The normalized spacial score (nSPS) is 24.2. The summed E-state index contributed by atoms with van der Waals surface area (Å²) >= 11 is 0. The van der Waals surface area contributed by atoms with E-state index in [2.05, 4.69) is 43.1 Å². The fourth-order valence-corrected chi connectivity index (χ4v) is 2.56. The van der Waals surface area contributed by atoms with Crippen LogP contribution in [0.5, 0.6) is 0 Å². The summed E-state index contributed by atoms with van der Waals surface area (Å²) in [5.41, 5.74) is 0. The third-order valence-corrected chi connectivity index (χ3v) is 3.43. The van der Waals surface area contributed by atoms with E-state index >= 15 is 0 Å². The molecule has 1 saturated heterocycles. The SMILES string of the molecule is CCCNCC1CCN(C(C)CN(C)C)C1. The average molecular weight is 227 g/mol. The smallest absolute Gasteiger partial charge is 0.0194 e. The molecule has 0 aliphatic carbocycles. The number of hydrogen-bond acceptors (Lipinski definition) is 3. The van der Waals surface area contributed by atoms with E-state index in [1.54, 1.807) is 0 Å². The lowest BCUT2D eigenvalue weighted by Gasteiger charge is -2.27. The fourth-order valence-electron chi connectivity index (χ4n) is 2.56. The molecule has 0 bridgehead atoms. The van der Waals surface area contributed by atoms with Gasteiger partial charge in [0.05, 0.1) is 0 Å². The van der Waals surface area contributed by atoms with E-state index in [1.165, 1.54) is 45.6 Å². The van der Waals surface area contributed by atoms with Crippen LogP contribution in [-0.4, -0.2) is 62.7 Å². The van der Waals surface area contributed by atoms with Gasteiger partial charge in [0.25, 0.3) is 0 Å². The molecule has 3 nitrogen and oxygen atoms in total. The zero-order chi connectivity index (χ0) is 12.0. The topological polar surface area (TPSA) is 18.5 Å². The van der Waals surface area contributed by atoms with Crippen LogP contribution < -0.4 is 5.32 Å². The Morgan fingerprint density at radius 3 is 2.81 bits per heavy atom. The molecule has 96 valence electrons. The molecular formula is C13H29N3. The first-order valence-electron chi connectivity index (χ1n) is 6.73. The van der Waals surface area contributed by atoms with Crippen LogP contribution in [0.3, 0.4) is 0 Å². The molecule has 16 heavy (non-hydrogen) atoms. The minimum Gasteiger partial charge on any atom is -0.316 e. The molecule has 0 aromatic rings. The van der Waals surface area contributed by atoms with Crippen LogP contribution >= 0.6 is 0 Å². The molecule has 1 fully saturated rings. The van der Waals surface area contributed by atoms with Crippen LogP contribution in [-0.2, 0) is 0 Å². The van der Waals surface area contributed by atoms with Gasteiger partial charge >= 0.3 is 0 Å². The summed E-state index contributed by atoms with van der Waals surface area (Å²) in [7, 11) is 4.32. The molecule has 0 radical (unpaired) electrons. The van der Waals surface area contributed by atoms with Crippen molar-refractivity contribution in [1.29, 1.82) is 0 Å². The summed E-state index contributed by atoms with van der Waals surface area (Å²) in [6.07, 6.45) is 2.61. The van der Waals surface area contributed by atoms with E-state index in [4.69, 9.17) is 0 Å². The van der Waals surface area contributed by atoms with Crippen molar-refractivity contribution < 1.29 is 0 Å². The molecule has 1 rings (SSSR count). The third kappa shape index (κ3) is 4.81. The van der Waals surface area contributed by atoms with Crippen molar-refractivity contribution in [2.75, 3.05) is 46.8 Å². The first kappa shape index (κ1) is 13.9. The lowest BCUT2D eigenvalue weighted by atomic mass is 10.1. The maximum Gasteiger partial charge on any atom is 0.0194 e. The highest BCUT2D eigenvalue weighted by Gasteiger charge is 2.25. The zero-order valence-electron chi connectivity index (χ0n) is 11.5. The van der Waals surface area contributed by atoms with Gasteiger partial charge in [-0.05, 0) is 59.4 Å². The van der Waals surface area contributed by atoms with Crippen LogP contribution in [0.1, 0.15) is 26.7 Å². The predicted molar refractivity (Wildman–Crippen MR) is 70.9 cm³/mol. The van der Waals surface area contributed by atoms with Crippen LogP contribution in [0.25, 0.3) is 0 Å². The Morgan fingerprint density at radius 2 is 2.19 bits per heavy atom. The fraction of sp³-hybridized carbons (Fsp3) is 1.00. The van der Waals surface area contributed by atoms with E-state index in [9.17, 15) is 0 Å². The van der Waals surface area contributed by atoms with Gasteiger partial charge in [-0.15, -0.1) is 0 Å². The van der Waals surface area contributed by atoms with Crippen LogP contribution in [0.15, 0.2) is 0 Å². The van der Waals surface area contributed by atoms with Crippen LogP contribution in [0.2, 0.25) is 0 Å². The number of likely N-dealkylation sites (tertiary alicyclic amines) is 1. The average Bonchev–Trinajstić information content (AvgIpc) is 2.66. The van der Waals surface area contributed by atoms with Gasteiger partial charge in [0.1, 0.15) is 0 Å². The summed E-state index contributed by atoms with van der Waals surface area (Å²) in [6, 6.07) is 0.700. The summed E-state index contributed by atoms with van der Waals surface area (Å²) in [4.78, 5) is 4.92. The minimum atomic E-state index is 0.700. The van der Waals surface area contributed by atoms with Crippen molar-refractivity contribution in [2.45, 2.75) is 32.7 Å². The largest absolute Gasteiger partial charge is 0.316 e. The van der Waals surface area contributed by atoms with Gasteiger partial charge in [0.2, 0.25) is 0 Å². The summed E-state index contributed by atoms with van der Waals surface area (Å²) in [5, 5.41) is 3.54. The lowest BCUT2D eigenvalue weighted by molar-refractivity contribution is 0.202. The molecule has 1 heterocycles. The van der Waals surface area contributed by atoms with Gasteiger partial charge < -0.3 is 10.2 Å². The second-order valence-electron chi connectivity index (χ2n) is 5.47. The molecule has 0 spiro atoms. The molecule has 3 heteroatoms. The van der Waals surface area contributed by atoms with Crippen molar-refractivity contribution >= 4 is 0 Å². The predicted octanol–water partition coefficient (Wildman–Crippen LogP) is 1.26. The molecule has 1 N–H and O–H groups in total. The Balaban J connectivity index is 2.18. The lowest BCUT2D eigenvalue weighted by Crippen LogP contribution is -2.39. The molecule has 2 unspecified atom stereocenters. The number of rotatable bonds is 7. The first-order chi connectivity index (χ1) is 7.63. The Bertz CT molecular complexity index is 182. The van der Waals surface area contributed by atoms with E-state index in [-0.39, 0.29) is 0 Å². The van der Waals surface area contributed by atoms with Crippen molar-refractivity contribution in [3.8, 4) is 0 Å². The van der Waals surface area contributed by atoms with Gasteiger partial charge in [-0.1, -0.05) is 6.92 Å². The van der Waals surface area contributed by atoms with Crippen molar-refractivity contribution in [3.05, 3.63) is 0 Å². The van der Waals surface area contributed by atoms with E-state index in [1.807, 2.05) is 0 Å². The number of nitrogens with one attached hydrogen (secondary N) is 1. The van der Waals surface area contributed by atoms with E-state index in [0.29, 0.717) is 6.04 Å². The molecule has 0 aromatic carbocycles. The molecule has 0 amide bonds. The highest BCUT2D eigenvalue weighted by Crippen LogP contribution is 2.18. The highest BCUT2D eigenvalue weighted by molar-refractivity contribution is 4.81. The maximum atomic E-state index is 3.54. The van der Waals surface area contributed by atoms with Crippen molar-refractivity contribution in [1.82, 2.24) is 15.1 Å². The summed E-state index contributed by atoms with van der Waals surface area (Å²) in [5.74, 6) is 0.871. The van der Waals surface area contributed by atoms with Gasteiger partial charge in [-0.2, -0.15) is 0 Å². The van der Waals surface area contributed by atoms with Crippen molar-refractivity contribution in [3.63, 3.8) is 0 Å². The quantitative estimate of drug-likeness (QED) is 0.661. The minimum absolute atomic E-state index is 0.700. The Morgan fingerprint density at radius 1 is 1.44 bits per heavy atom. The van der Waals surface area contributed by atoms with Crippen LogP contribution in [0.4, 0.5) is 0 Å². The van der Waals surface area contributed by atoms with E-state index in [0.717, 1.165) is 5.92 Å². The second kappa shape index (κ2) is 7.25. The standard InChI is InChI=1S/C13H29N3/c1-5-7-14-9-13-6-8-16(11-13)12(2)10-15(3)4/h12-14H,5-11H2,1-4H3. The number of hydrogen-bond donors (Lipinski definition) is 1. The zero-order valence-corrected chi connectivity index (χ0v) is 11.5. The Labute approximate surface area is 101 Å². The van der Waals surface area contributed by atoms with Crippen molar-refractivity contribution in [2.24, 2.45) is 5.92 Å². The van der Waals surface area contributed by atoms with Crippen LogP contribution in [0, 0.1) is 5.92 Å². The molecule has 0 aromatic heterocycles. The maximum absolute atomic E-state index is 3.54. The molecular weight excluding hydrogens is 198 g/mol. The van der Waals surface area contributed by atoms with Gasteiger partial charge in [-0.25, -0.2) is 0 Å². The summed E-state index contributed by atoms with van der Waals surface area (Å²) < 4.78 is 0. The monoisotopic (exact) mass is 227 g/mol. The Kier molecular flexibility index (Phi) is 6.32. The third-order valence-electron chi connectivity index (χ3n) is 3.43. The Hall–Kier alpha value is -0.120. The van der Waals surface area contributed by atoms with Gasteiger partial charge in [-0.3, -0.25) is 4.90 Å². The number of likely N-dealkylation sites (N-methyl/N-ethyl adjacent to an activating group) is 1. The molecule has 2 atom stereocenters. The highest BCUT2D eigenvalue weighted by atomic mass is 15.2. The summed E-state index contributed by atoms with van der Waals surface area (Å²) in [6.45, 7) is 10.7. The van der Waals surface area contributed by atoms with Gasteiger partial charge in [0.15, 0.2) is 0 Å². The molecule has 0 saturated carbocycles. The molecule has 1 aliphatic heterocycles. The van der Waals surface area contributed by atoms with Gasteiger partial charge in [0, 0.05) is 19.1 Å².